The second-order valence-corrected chi connectivity index (χ2v) is 6.32. The van der Waals surface area contributed by atoms with Gasteiger partial charge in [0.2, 0.25) is 0 Å². The number of anilines is 1. The van der Waals surface area contributed by atoms with Gasteiger partial charge in [-0.15, -0.1) is 0 Å². The van der Waals surface area contributed by atoms with Crippen LogP contribution in [0, 0.1) is 11.8 Å². The van der Waals surface area contributed by atoms with Crippen LogP contribution in [0.5, 0.6) is 0 Å². The summed E-state index contributed by atoms with van der Waals surface area (Å²) in [6.07, 6.45) is 3.82. The van der Waals surface area contributed by atoms with Crippen LogP contribution in [-0.4, -0.2) is 11.2 Å². The third-order valence-electron chi connectivity index (χ3n) is 4.13. The van der Waals surface area contributed by atoms with E-state index in [-0.39, 0.29) is 0 Å². The summed E-state index contributed by atoms with van der Waals surface area (Å²) < 4.78 is 0. The van der Waals surface area contributed by atoms with E-state index in [1.807, 2.05) is 24.3 Å². The molecule has 19 heavy (non-hydrogen) atoms. The quantitative estimate of drug-likeness (QED) is 0.788. The van der Waals surface area contributed by atoms with Gasteiger partial charge >= 0.3 is 0 Å². The van der Waals surface area contributed by atoms with Gasteiger partial charge in [-0.05, 0) is 54.7 Å². The van der Waals surface area contributed by atoms with Gasteiger partial charge in [-0.2, -0.15) is 0 Å². The Morgan fingerprint density at radius 2 is 1.89 bits per heavy atom. The second-order valence-electron chi connectivity index (χ2n) is 5.48. The molecule has 0 spiro atoms. The van der Waals surface area contributed by atoms with Crippen molar-refractivity contribution < 1.29 is 0 Å². The zero-order valence-electron chi connectivity index (χ0n) is 11.4. The predicted molar refractivity (Wildman–Crippen MR) is 86.8 cm³/mol. The van der Waals surface area contributed by atoms with Crippen molar-refractivity contribution in [3.05, 3.63) is 29.3 Å². The number of thiocarbonyl (C=S) groups is 1. The van der Waals surface area contributed by atoms with E-state index in [0.717, 1.165) is 16.6 Å². The predicted octanol–water partition coefficient (Wildman–Crippen LogP) is 4.45. The van der Waals surface area contributed by atoms with E-state index in [0.29, 0.717) is 17.1 Å². The van der Waals surface area contributed by atoms with Gasteiger partial charge in [0.25, 0.3) is 0 Å². The molecule has 0 bridgehead atoms. The summed E-state index contributed by atoms with van der Waals surface area (Å²) in [5, 5.41) is 8.10. The molecule has 1 aromatic carbocycles. The third-order valence-corrected chi connectivity index (χ3v) is 4.60. The zero-order valence-corrected chi connectivity index (χ0v) is 13.0. The lowest BCUT2D eigenvalue weighted by Crippen LogP contribution is -2.45. The fraction of sp³-hybridized carbons (Fsp3) is 0.533. The highest BCUT2D eigenvalue weighted by Gasteiger charge is 2.27. The zero-order chi connectivity index (χ0) is 13.8. The van der Waals surface area contributed by atoms with Gasteiger partial charge in [-0.3, -0.25) is 0 Å². The van der Waals surface area contributed by atoms with Gasteiger partial charge in [0.05, 0.1) is 0 Å². The average Bonchev–Trinajstić information content (AvgIpc) is 2.38. The molecule has 3 atom stereocenters. The van der Waals surface area contributed by atoms with E-state index in [2.05, 4.69) is 24.5 Å². The first-order valence-electron chi connectivity index (χ1n) is 6.89. The van der Waals surface area contributed by atoms with Crippen LogP contribution >= 0.6 is 23.8 Å². The Bertz CT molecular complexity index is 432. The summed E-state index contributed by atoms with van der Waals surface area (Å²) >= 11 is 11.2. The van der Waals surface area contributed by atoms with Crippen LogP contribution in [0.2, 0.25) is 5.02 Å². The van der Waals surface area contributed by atoms with Crippen molar-refractivity contribution in [2.24, 2.45) is 11.8 Å². The highest BCUT2D eigenvalue weighted by Crippen LogP contribution is 2.29. The number of hydrogen-bond donors (Lipinski definition) is 2. The molecule has 2 nitrogen and oxygen atoms in total. The lowest BCUT2D eigenvalue weighted by atomic mass is 9.78. The van der Waals surface area contributed by atoms with Crippen LogP contribution in [0.3, 0.4) is 0 Å². The van der Waals surface area contributed by atoms with Crippen LogP contribution < -0.4 is 10.6 Å². The number of halogens is 1. The Hall–Kier alpha value is -0.800. The van der Waals surface area contributed by atoms with E-state index in [9.17, 15) is 0 Å². The standard InChI is InChI=1S/C15H21ClN2S/c1-10-4-3-5-14(11(10)2)18-15(19)17-13-8-6-12(16)7-9-13/h6-11,14H,3-5H2,1-2H3,(H2,17,18,19)/t10-,11-,14+/m1/s1. The van der Waals surface area contributed by atoms with Crippen molar-refractivity contribution in [1.29, 1.82) is 0 Å². The molecule has 1 aliphatic rings. The minimum absolute atomic E-state index is 0.482. The van der Waals surface area contributed by atoms with E-state index < -0.39 is 0 Å². The monoisotopic (exact) mass is 296 g/mol. The van der Waals surface area contributed by atoms with E-state index in [4.69, 9.17) is 23.8 Å². The van der Waals surface area contributed by atoms with Crippen LogP contribution in [0.25, 0.3) is 0 Å². The molecule has 0 amide bonds. The van der Waals surface area contributed by atoms with Crippen molar-refractivity contribution in [2.75, 3.05) is 5.32 Å². The maximum Gasteiger partial charge on any atom is 0.171 e. The normalized spacial score (nSPS) is 26.8. The molecule has 0 aliphatic heterocycles. The summed E-state index contributed by atoms with van der Waals surface area (Å²) in [6.45, 7) is 4.64. The topological polar surface area (TPSA) is 24.1 Å². The SMILES string of the molecule is C[C@@H]1[C@H](C)CCC[C@@H]1NC(=S)Nc1ccc(Cl)cc1. The summed E-state index contributed by atoms with van der Waals surface area (Å²) in [4.78, 5) is 0. The molecule has 0 aromatic heterocycles. The lowest BCUT2D eigenvalue weighted by molar-refractivity contribution is 0.225. The largest absolute Gasteiger partial charge is 0.359 e. The van der Waals surface area contributed by atoms with Crippen LogP contribution in [0.15, 0.2) is 24.3 Å². The molecular weight excluding hydrogens is 276 g/mol. The minimum atomic E-state index is 0.482. The number of hydrogen-bond acceptors (Lipinski definition) is 1. The maximum absolute atomic E-state index is 5.86. The second kappa shape index (κ2) is 6.58. The molecule has 0 radical (unpaired) electrons. The number of rotatable bonds is 2. The first kappa shape index (κ1) is 14.6. The summed E-state index contributed by atoms with van der Waals surface area (Å²) in [5.41, 5.74) is 0.971. The smallest absolute Gasteiger partial charge is 0.171 e. The van der Waals surface area contributed by atoms with E-state index in [1.54, 1.807) is 0 Å². The van der Waals surface area contributed by atoms with Gasteiger partial charge < -0.3 is 10.6 Å². The molecule has 2 N–H and O–H groups in total. The highest BCUT2D eigenvalue weighted by atomic mass is 35.5. The molecule has 104 valence electrons. The first-order valence-corrected chi connectivity index (χ1v) is 7.68. The minimum Gasteiger partial charge on any atom is -0.359 e. The Labute approximate surface area is 125 Å². The summed E-state index contributed by atoms with van der Waals surface area (Å²) in [5.74, 6) is 1.43. The van der Waals surface area contributed by atoms with E-state index in [1.165, 1.54) is 19.3 Å². The molecule has 0 saturated heterocycles. The average molecular weight is 297 g/mol. The maximum atomic E-state index is 5.86. The molecule has 1 fully saturated rings. The molecule has 1 aliphatic carbocycles. The molecular formula is C15H21ClN2S. The highest BCUT2D eigenvalue weighted by molar-refractivity contribution is 7.80. The van der Waals surface area contributed by atoms with Crippen molar-refractivity contribution in [2.45, 2.75) is 39.2 Å². The van der Waals surface area contributed by atoms with Gasteiger partial charge in [-0.1, -0.05) is 38.3 Å². The van der Waals surface area contributed by atoms with Gasteiger partial charge in [-0.25, -0.2) is 0 Å². The summed E-state index contributed by atoms with van der Waals surface area (Å²) in [7, 11) is 0. The van der Waals surface area contributed by atoms with Crippen molar-refractivity contribution in [1.82, 2.24) is 5.32 Å². The van der Waals surface area contributed by atoms with Crippen molar-refractivity contribution >= 4 is 34.6 Å². The molecule has 2 rings (SSSR count). The Morgan fingerprint density at radius 3 is 2.58 bits per heavy atom. The molecule has 1 aromatic rings. The van der Waals surface area contributed by atoms with Crippen molar-refractivity contribution in [3.8, 4) is 0 Å². The molecule has 0 heterocycles. The third kappa shape index (κ3) is 4.08. The van der Waals surface area contributed by atoms with E-state index >= 15 is 0 Å². The Kier molecular flexibility index (Phi) is 5.06. The Morgan fingerprint density at radius 1 is 1.21 bits per heavy atom. The van der Waals surface area contributed by atoms with Gasteiger partial charge in [0.1, 0.15) is 0 Å². The first-order chi connectivity index (χ1) is 9.06. The van der Waals surface area contributed by atoms with Crippen molar-refractivity contribution in [3.63, 3.8) is 0 Å². The van der Waals surface area contributed by atoms with Crippen LogP contribution in [0.4, 0.5) is 5.69 Å². The van der Waals surface area contributed by atoms with Gasteiger partial charge in [0, 0.05) is 16.8 Å². The molecule has 0 unspecified atom stereocenters. The number of benzene rings is 1. The number of nitrogens with one attached hydrogen (secondary N) is 2. The summed E-state index contributed by atoms with van der Waals surface area (Å²) in [6, 6.07) is 8.07. The fourth-order valence-electron chi connectivity index (χ4n) is 2.65. The van der Waals surface area contributed by atoms with Crippen LogP contribution in [-0.2, 0) is 0 Å². The van der Waals surface area contributed by atoms with Gasteiger partial charge in [0.15, 0.2) is 5.11 Å². The van der Waals surface area contributed by atoms with Crippen LogP contribution in [0.1, 0.15) is 33.1 Å². The molecule has 1 saturated carbocycles. The molecule has 4 heteroatoms. The fourth-order valence-corrected chi connectivity index (χ4v) is 3.05. The Balaban J connectivity index is 1.88. The lowest BCUT2D eigenvalue weighted by Gasteiger charge is -2.35.